The summed E-state index contributed by atoms with van der Waals surface area (Å²) in [7, 11) is 0. The van der Waals surface area contributed by atoms with Gasteiger partial charge >= 0.3 is 0 Å². The minimum atomic E-state index is -0.421. The first-order valence-electron chi connectivity index (χ1n) is 21.9. The van der Waals surface area contributed by atoms with Crippen LogP contribution in [0, 0.1) is 17.4 Å². The molecule has 0 saturated carbocycles. The van der Waals surface area contributed by atoms with E-state index in [1.807, 2.05) is 24.3 Å². The molecule has 0 bridgehead atoms. The van der Waals surface area contributed by atoms with E-state index < -0.39 is 5.41 Å². The predicted octanol–water partition coefficient (Wildman–Crippen LogP) is 15.0. The number of rotatable bonds is 5. The average molecular weight is 1020 g/mol. The van der Waals surface area contributed by atoms with Gasteiger partial charge in [-0.2, -0.15) is 0 Å². The Balaban J connectivity index is 0.00000661. The molecule has 5 nitrogen and oxygen atoms in total. The van der Waals surface area contributed by atoms with Crippen LogP contribution in [-0.2, 0) is 48.1 Å². The van der Waals surface area contributed by atoms with Crippen molar-refractivity contribution < 1.29 is 26.2 Å². The molecule has 7 rings (SSSR count). The van der Waals surface area contributed by atoms with E-state index in [-0.39, 0.29) is 48.5 Å². The number of hydrogen-bond acceptors (Lipinski definition) is 4. The Kier molecular flexibility index (Phi) is 12.5. The van der Waals surface area contributed by atoms with Gasteiger partial charge in [-0.05, 0) is 91.3 Å². The van der Waals surface area contributed by atoms with Crippen LogP contribution in [-0.4, -0.2) is 19.6 Å². The Morgan fingerprint density at radius 2 is 1.11 bits per heavy atom. The van der Waals surface area contributed by atoms with Crippen molar-refractivity contribution in [3.63, 3.8) is 0 Å². The molecule has 328 valence electrons. The molecule has 0 fully saturated rings. The quantitative estimate of drug-likeness (QED) is 0.174. The first-order chi connectivity index (χ1) is 28.8. The van der Waals surface area contributed by atoms with Gasteiger partial charge in [-0.1, -0.05) is 181 Å². The first kappa shape index (κ1) is 47.2. The molecule has 5 aromatic carbocycles. The van der Waals surface area contributed by atoms with Crippen molar-refractivity contribution in [1.29, 1.82) is 5.26 Å². The van der Waals surface area contributed by atoms with Crippen LogP contribution in [0.25, 0.3) is 61.8 Å². The van der Waals surface area contributed by atoms with E-state index in [9.17, 15) is 10.4 Å². The molecule has 0 aliphatic rings. The second kappa shape index (κ2) is 16.7. The SMILES string of the molecule is CC(C)(C)c1cc(-c2[c-]c(-c3nc4ccccc4n3-c3ccc(C(C)(C)C)cc3-c3ccccc3)c(C#N)c(C(C)(C)C)c2)nc(-c2cc(C(C)(C)C)cc(C(C)(C)C)c2O)c1.[Pt]. The van der Waals surface area contributed by atoms with Gasteiger partial charge in [0.05, 0.1) is 28.6 Å². The van der Waals surface area contributed by atoms with Crippen LogP contribution in [0.2, 0.25) is 0 Å². The summed E-state index contributed by atoms with van der Waals surface area (Å²) in [5.74, 6) is 0.878. The smallest absolute Gasteiger partial charge is 0.128 e. The summed E-state index contributed by atoms with van der Waals surface area (Å²) >= 11 is 0. The normalized spacial score (nSPS) is 12.6. The molecular formula is C57H63N4OPt-. The van der Waals surface area contributed by atoms with Crippen molar-refractivity contribution in [2.24, 2.45) is 0 Å². The molecule has 1 N–H and O–H groups in total. The number of phenolic OH excluding ortho intramolecular Hbond substituents is 1. The minimum absolute atomic E-state index is 0. The molecule has 0 amide bonds. The van der Waals surface area contributed by atoms with Gasteiger partial charge in [-0.3, -0.25) is 9.97 Å². The maximum atomic E-state index is 12.1. The Morgan fingerprint density at radius 1 is 0.556 bits per heavy atom. The maximum Gasteiger partial charge on any atom is 0.128 e. The Labute approximate surface area is 390 Å². The standard InChI is InChI=1S/C57H63N4O.Pt/c1-53(2,3)37-25-26-49(40(29-37)35-21-17-16-18-22-35)61-50-24-20-19-23-46(50)60-52(61)41-27-36(28-44(43(41)34-58)56(10,11)12)47-32-39(55(7,8)9)33-48(59-47)42-30-38(54(4,5)6)31-45(51(42)62)57(13,14)15;/h16-26,28-33,62H,1-15H3;/q-1;. The van der Waals surface area contributed by atoms with E-state index in [1.54, 1.807) is 0 Å². The van der Waals surface area contributed by atoms with Crippen LogP contribution in [0.4, 0.5) is 0 Å². The molecule has 7 aromatic rings. The number of nitrogens with zero attached hydrogens (tertiary/aromatic N) is 4. The van der Waals surface area contributed by atoms with Crippen LogP contribution in [0.15, 0.2) is 103 Å². The number of nitriles is 1. The number of pyridine rings is 1. The molecule has 6 heteroatoms. The molecule has 0 unspecified atom stereocenters. The van der Waals surface area contributed by atoms with Crippen LogP contribution < -0.4 is 0 Å². The maximum absolute atomic E-state index is 12.1. The van der Waals surface area contributed by atoms with Crippen LogP contribution in [0.5, 0.6) is 5.75 Å². The number of aromatic hydroxyl groups is 1. The van der Waals surface area contributed by atoms with Gasteiger partial charge in [0.1, 0.15) is 5.75 Å². The number of benzene rings is 5. The van der Waals surface area contributed by atoms with Crippen molar-refractivity contribution >= 4 is 11.0 Å². The Hall–Kier alpha value is -5.30. The van der Waals surface area contributed by atoms with E-state index in [0.717, 1.165) is 55.7 Å². The predicted molar refractivity (Wildman–Crippen MR) is 259 cm³/mol. The second-order valence-electron chi connectivity index (χ2n) is 22.1. The Morgan fingerprint density at radius 3 is 1.70 bits per heavy atom. The van der Waals surface area contributed by atoms with Crippen LogP contribution >= 0.6 is 0 Å². The number of fused-ring (bicyclic) bond motifs is 1. The van der Waals surface area contributed by atoms with Gasteiger partial charge in [-0.15, -0.1) is 12.1 Å². The molecule has 0 saturated heterocycles. The minimum Gasteiger partial charge on any atom is -0.507 e. The summed E-state index contributed by atoms with van der Waals surface area (Å²) in [6.07, 6.45) is 0. The summed E-state index contributed by atoms with van der Waals surface area (Å²) in [4.78, 5) is 10.8. The molecule has 0 aliphatic carbocycles. The van der Waals surface area contributed by atoms with Crippen molar-refractivity contribution in [2.45, 2.75) is 131 Å². The fourth-order valence-electron chi connectivity index (χ4n) is 8.16. The second-order valence-corrected chi connectivity index (χ2v) is 22.1. The third-order valence-electron chi connectivity index (χ3n) is 12.0. The van der Waals surface area contributed by atoms with Crippen LogP contribution in [0.3, 0.4) is 0 Å². The third-order valence-corrected chi connectivity index (χ3v) is 12.0. The zero-order valence-electron chi connectivity index (χ0n) is 39.9. The molecule has 0 aliphatic heterocycles. The summed E-state index contributed by atoms with van der Waals surface area (Å²) in [6.45, 7) is 32.8. The van der Waals surface area contributed by atoms with E-state index in [0.29, 0.717) is 33.9 Å². The Bertz CT molecular complexity index is 2880. The molecule has 2 heterocycles. The summed E-state index contributed by atoms with van der Waals surface area (Å²) < 4.78 is 2.21. The van der Waals surface area contributed by atoms with E-state index in [1.165, 1.54) is 5.56 Å². The van der Waals surface area contributed by atoms with Gasteiger partial charge in [0, 0.05) is 49.1 Å². The average Bonchev–Trinajstić information content (AvgIpc) is 3.57. The monoisotopic (exact) mass is 1010 g/mol. The summed E-state index contributed by atoms with van der Waals surface area (Å²) in [5, 5.41) is 23.3. The van der Waals surface area contributed by atoms with E-state index >= 15 is 0 Å². The largest absolute Gasteiger partial charge is 0.507 e. The third kappa shape index (κ3) is 9.35. The number of hydrogen-bond donors (Lipinski definition) is 1. The van der Waals surface area contributed by atoms with E-state index in [4.69, 9.17) is 9.97 Å². The van der Waals surface area contributed by atoms with Crippen molar-refractivity contribution in [3.05, 3.63) is 143 Å². The summed E-state index contributed by atoms with van der Waals surface area (Å²) in [6, 6.07) is 42.4. The number of para-hydroxylation sites is 2. The fourth-order valence-corrected chi connectivity index (χ4v) is 8.16. The topological polar surface area (TPSA) is 74.7 Å². The zero-order valence-corrected chi connectivity index (χ0v) is 42.1. The van der Waals surface area contributed by atoms with Crippen molar-refractivity contribution in [1.82, 2.24) is 14.5 Å². The van der Waals surface area contributed by atoms with Crippen LogP contribution in [0.1, 0.15) is 137 Å². The molecule has 63 heavy (non-hydrogen) atoms. The van der Waals surface area contributed by atoms with E-state index in [2.05, 4.69) is 199 Å². The first-order valence-corrected chi connectivity index (χ1v) is 21.9. The van der Waals surface area contributed by atoms with Crippen molar-refractivity contribution in [2.75, 3.05) is 0 Å². The van der Waals surface area contributed by atoms with Gasteiger partial charge in [0.15, 0.2) is 0 Å². The zero-order chi connectivity index (χ0) is 45.3. The molecular weight excluding hydrogens is 952 g/mol. The number of phenols is 1. The van der Waals surface area contributed by atoms with Gasteiger partial charge in [0.2, 0.25) is 0 Å². The summed E-state index contributed by atoms with van der Waals surface area (Å²) in [5.41, 5.74) is 12.9. The van der Waals surface area contributed by atoms with Gasteiger partial charge < -0.3 is 9.67 Å². The van der Waals surface area contributed by atoms with Crippen molar-refractivity contribution in [3.8, 4) is 62.5 Å². The van der Waals surface area contributed by atoms with Gasteiger partial charge in [0.25, 0.3) is 0 Å². The molecule has 2 aromatic heterocycles. The molecule has 0 atom stereocenters. The van der Waals surface area contributed by atoms with Gasteiger partial charge in [-0.25, -0.2) is 5.26 Å². The number of imidazole rings is 1. The number of aromatic nitrogens is 3. The molecule has 0 spiro atoms. The molecule has 0 radical (unpaired) electrons. The fraction of sp³-hybridized carbons (Fsp3) is 0.351.